The maximum absolute atomic E-state index is 3.71. The van der Waals surface area contributed by atoms with Gasteiger partial charge >= 0.3 is 0 Å². The van der Waals surface area contributed by atoms with Gasteiger partial charge in [-0.15, -0.1) is 0 Å². The molecule has 2 nitrogen and oxygen atoms in total. The van der Waals surface area contributed by atoms with Crippen LogP contribution in [0.4, 0.5) is 0 Å². The van der Waals surface area contributed by atoms with E-state index in [2.05, 4.69) is 37.9 Å². The molecule has 0 radical (unpaired) electrons. The van der Waals surface area contributed by atoms with Crippen LogP contribution in [0.2, 0.25) is 0 Å². The lowest BCUT2D eigenvalue weighted by Gasteiger charge is -2.45. The minimum Gasteiger partial charge on any atom is -0.314 e. The van der Waals surface area contributed by atoms with Crippen LogP contribution < -0.4 is 5.32 Å². The molecule has 21 heavy (non-hydrogen) atoms. The summed E-state index contributed by atoms with van der Waals surface area (Å²) in [6.07, 6.45) is 10.0. The van der Waals surface area contributed by atoms with E-state index in [1.54, 1.807) is 0 Å². The first kappa shape index (κ1) is 17.3. The summed E-state index contributed by atoms with van der Waals surface area (Å²) in [5.74, 6) is 2.07. The molecule has 2 atom stereocenters. The van der Waals surface area contributed by atoms with Crippen LogP contribution in [0, 0.1) is 17.3 Å². The van der Waals surface area contributed by atoms with Gasteiger partial charge < -0.3 is 10.2 Å². The van der Waals surface area contributed by atoms with E-state index in [0.717, 1.165) is 11.8 Å². The quantitative estimate of drug-likeness (QED) is 0.753. The van der Waals surface area contributed by atoms with Crippen LogP contribution in [0.3, 0.4) is 0 Å². The van der Waals surface area contributed by atoms with Crippen LogP contribution in [0.5, 0.6) is 0 Å². The van der Waals surface area contributed by atoms with E-state index in [1.165, 1.54) is 71.1 Å². The number of hydrogen-bond donors (Lipinski definition) is 1. The fourth-order valence-corrected chi connectivity index (χ4v) is 4.49. The molecule has 2 unspecified atom stereocenters. The van der Waals surface area contributed by atoms with Crippen molar-refractivity contribution >= 4 is 0 Å². The van der Waals surface area contributed by atoms with Crippen molar-refractivity contribution in [3.8, 4) is 0 Å². The highest BCUT2D eigenvalue weighted by Gasteiger charge is 2.35. The first-order valence-electron chi connectivity index (χ1n) is 9.54. The number of piperidine rings is 1. The van der Waals surface area contributed by atoms with Crippen molar-refractivity contribution in [3.05, 3.63) is 0 Å². The highest BCUT2D eigenvalue weighted by Crippen LogP contribution is 2.37. The number of rotatable bonds is 7. The zero-order valence-electron chi connectivity index (χ0n) is 15.0. The van der Waals surface area contributed by atoms with Crippen molar-refractivity contribution in [1.29, 1.82) is 0 Å². The highest BCUT2D eigenvalue weighted by atomic mass is 15.1. The summed E-state index contributed by atoms with van der Waals surface area (Å²) in [5.41, 5.74) is 0.478. The maximum Gasteiger partial charge on any atom is 0.00501 e. The van der Waals surface area contributed by atoms with Gasteiger partial charge in [-0.3, -0.25) is 0 Å². The summed E-state index contributed by atoms with van der Waals surface area (Å²) < 4.78 is 0. The summed E-state index contributed by atoms with van der Waals surface area (Å²) in [7, 11) is 0. The number of likely N-dealkylation sites (tertiary alicyclic amines) is 1. The van der Waals surface area contributed by atoms with Gasteiger partial charge in [0.25, 0.3) is 0 Å². The van der Waals surface area contributed by atoms with Crippen molar-refractivity contribution in [1.82, 2.24) is 10.2 Å². The second-order valence-electron chi connectivity index (χ2n) is 8.07. The minimum absolute atomic E-state index is 0.478. The van der Waals surface area contributed by atoms with Gasteiger partial charge in [0.15, 0.2) is 0 Å². The predicted octanol–water partition coefficient (Wildman–Crippen LogP) is 4.30. The van der Waals surface area contributed by atoms with Crippen LogP contribution >= 0.6 is 0 Å². The minimum atomic E-state index is 0.478. The smallest absolute Gasteiger partial charge is 0.00501 e. The lowest BCUT2D eigenvalue weighted by molar-refractivity contribution is 0.0470. The molecule has 2 heteroatoms. The van der Waals surface area contributed by atoms with Crippen LogP contribution in [0.25, 0.3) is 0 Å². The Morgan fingerprint density at radius 2 is 1.71 bits per heavy atom. The number of nitrogens with one attached hydrogen (secondary N) is 1. The van der Waals surface area contributed by atoms with E-state index in [1.807, 2.05) is 0 Å². The Balaban J connectivity index is 1.90. The molecule has 2 rings (SSSR count). The Morgan fingerprint density at radius 1 is 1.05 bits per heavy atom. The van der Waals surface area contributed by atoms with Gasteiger partial charge in [0.1, 0.15) is 0 Å². The van der Waals surface area contributed by atoms with E-state index in [9.17, 15) is 0 Å². The normalized spacial score (nSPS) is 27.9. The van der Waals surface area contributed by atoms with Gasteiger partial charge in [0.2, 0.25) is 0 Å². The molecule has 1 saturated carbocycles. The third-order valence-corrected chi connectivity index (χ3v) is 6.32. The first-order chi connectivity index (χ1) is 10.1. The van der Waals surface area contributed by atoms with Crippen molar-refractivity contribution in [2.24, 2.45) is 17.3 Å². The van der Waals surface area contributed by atoms with Crippen molar-refractivity contribution in [3.63, 3.8) is 0 Å². The lowest BCUT2D eigenvalue weighted by atomic mass is 9.74. The molecule has 2 aliphatic rings. The zero-order chi connectivity index (χ0) is 15.3. The molecule has 2 fully saturated rings. The summed E-state index contributed by atoms with van der Waals surface area (Å²) in [6.45, 7) is 14.5. The maximum atomic E-state index is 3.71. The van der Waals surface area contributed by atoms with E-state index in [4.69, 9.17) is 0 Å². The molecule has 1 N–H and O–H groups in total. The topological polar surface area (TPSA) is 15.3 Å². The fourth-order valence-electron chi connectivity index (χ4n) is 4.49. The van der Waals surface area contributed by atoms with Crippen molar-refractivity contribution in [2.75, 3.05) is 26.2 Å². The Morgan fingerprint density at radius 3 is 2.33 bits per heavy atom. The number of fused-ring (bicyclic) bond motifs is 1. The van der Waals surface area contributed by atoms with E-state index in [-0.39, 0.29) is 0 Å². The lowest BCUT2D eigenvalue weighted by Crippen LogP contribution is -2.49. The fraction of sp³-hybridized carbons (Fsp3) is 1.00. The number of nitrogens with zero attached hydrogens (tertiary/aromatic N) is 1. The summed E-state index contributed by atoms with van der Waals surface area (Å²) in [6, 6.07) is 0.603. The van der Waals surface area contributed by atoms with Gasteiger partial charge in [-0.1, -0.05) is 47.0 Å². The molecule has 0 bridgehead atoms. The van der Waals surface area contributed by atoms with Crippen LogP contribution in [-0.4, -0.2) is 37.1 Å². The van der Waals surface area contributed by atoms with Gasteiger partial charge in [0, 0.05) is 25.7 Å². The van der Waals surface area contributed by atoms with Crippen LogP contribution in [0.1, 0.15) is 72.6 Å². The monoisotopic (exact) mass is 294 g/mol. The zero-order valence-corrected chi connectivity index (χ0v) is 15.0. The SMILES string of the molecule is CCC(CC)(CNC(C)C)CN1CCC2CCCCC2C1. The second-order valence-corrected chi connectivity index (χ2v) is 8.07. The first-order valence-corrected chi connectivity index (χ1v) is 9.54. The molecule has 124 valence electrons. The third-order valence-electron chi connectivity index (χ3n) is 6.32. The number of hydrogen-bond acceptors (Lipinski definition) is 2. The van der Waals surface area contributed by atoms with Gasteiger partial charge in [-0.25, -0.2) is 0 Å². The largest absolute Gasteiger partial charge is 0.314 e. The van der Waals surface area contributed by atoms with Crippen molar-refractivity contribution < 1.29 is 0 Å². The average Bonchev–Trinajstić information content (AvgIpc) is 2.51. The molecule has 1 aliphatic heterocycles. The molecule has 0 aromatic heterocycles. The van der Waals surface area contributed by atoms with Gasteiger partial charge in [0.05, 0.1) is 0 Å². The van der Waals surface area contributed by atoms with E-state index in [0.29, 0.717) is 11.5 Å². The molecule has 1 aliphatic carbocycles. The highest BCUT2D eigenvalue weighted by molar-refractivity contribution is 4.89. The van der Waals surface area contributed by atoms with Gasteiger partial charge in [-0.05, 0) is 49.5 Å². The summed E-state index contributed by atoms with van der Waals surface area (Å²) in [4.78, 5) is 2.81. The van der Waals surface area contributed by atoms with Crippen LogP contribution in [0.15, 0.2) is 0 Å². The van der Waals surface area contributed by atoms with Crippen molar-refractivity contribution in [2.45, 2.75) is 78.7 Å². The summed E-state index contributed by atoms with van der Waals surface area (Å²) in [5, 5.41) is 3.71. The van der Waals surface area contributed by atoms with Crippen LogP contribution in [-0.2, 0) is 0 Å². The molecule has 0 aromatic carbocycles. The molecular weight excluding hydrogens is 256 g/mol. The molecule has 0 amide bonds. The molecule has 1 saturated heterocycles. The molecular formula is C19H38N2. The average molecular weight is 295 g/mol. The Hall–Kier alpha value is -0.0800. The molecule has 1 heterocycles. The van der Waals surface area contributed by atoms with Gasteiger partial charge in [-0.2, -0.15) is 0 Å². The molecule has 0 spiro atoms. The Bertz CT molecular complexity index is 296. The molecule has 0 aromatic rings. The third kappa shape index (κ3) is 4.69. The summed E-state index contributed by atoms with van der Waals surface area (Å²) >= 11 is 0. The predicted molar refractivity (Wildman–Crippen MR) is 92.7 cm³/mol. The standard InChI is InChI=1S/C19H38N2/c1-5-19(6-2,14-20-16(3)4)15-21-12-11-17-9-7-8-10-18(17)13-21/h16-18,20H,5-15H2,1-4H3. The van der Waals surface area contributed by atoms with E-state index >= 15 is 0 Å². The van der Waals surface area contributed by atoms with E-state index < -0.39 is 0 Å². The Labute approximate surface area is 133 Å². The Kier molecular flexibility index (Phi) is 6.55. The second kappa shape index (κ2) is 7.97.